The van der Waals surface area contributed by atoms with Crippen LogP contribution in [0, 0.1) is 0 Å². The maximum absolute atomic E-state index is 12.6. The Morgan fingerprint density at radius 3 is 2.32 bits per heavy atom. The minimum Gasteiger partial charge on any atom is -0.493 e. The summed E-state index contributed by atoms with van der Waals surface area (Å²) in [4.78, 5) is 18.7. The molecule has 25 heavy (non-hydrogen) atoms. The third-order valence-electron chi connectivity index (χ3n) is 3.97. The zero-order valence-electron chi connectivity index (χ0n) is 15.2. The molecule has 132 valence electrons. The number of amides is 1. The molecule has 0 saturated carbocycles. The molecule has 2 aromatic carbocycles. The third-order valence-corrected chi connectivity index (χ3v) is 3.97. The fourth-order valence-corrected chi connectivity index (χ4v) is 2.37. The number of hydrogen-bond donors (Lipinski definition) is 1. The van der Waals surface area contributed by atoms with Gasteiger partial charge in [0.15, 0.2) is 11.5 Å². The molecule has 0 heterocycles. The van der Waals surface area contributed by atoms with Crippen molar-refractivity contribution in [3.63, 3.8) is 0 Å². The van der Waals surface area contributed by atoms with Crippen LogP contribution in [0.1, 0.15) is 17.3 Å². The van der Waals surface area contributed by atoms with E-state index in [0.717, 1.165) is 11.5 Å². The van der Waals surface area contributed by atoms with Crippen LogP contribution in [-0.4, -0.2) is 40.1 Å². The summed E-state index contributed by atoms with van der Waals surface area (Å²) in [5.74, 6) is 1.57. The summed E-state index contributed by atoms with van der Waals surface area (Å²) in [7, 11) is 6.74. The SMILES string of the molecule is CN=C(C)N(C)c1ccc(NC(=O)c2cccc(OC)c2OC)cc1. The lowest BCUT2D eigenvalue weighted by atomic mass is 10.1. The topological polar surface area (TPSA) is 63.2 Å². The van der Waals surface area contributed by atoms with Crippen molar-refractivity contribution in [2.75, 3.05) is 38.5 Å². The summed E-state index contributed by atoms with van der Waals surface area (Å²) in [5, 5.41) is 2.87. The smallest absolute Gasteiger partial charge is 0.259 e. The van der Waals surface area contributed by atoms with Gasteiger partial charge in [-0.1, -0.05) is 6.07 Å². The number of nitrogens with one attached hydrogen (secondary N) is 1. The van der Waals surface area contributed by atoms with E-state index in [0.29, 0.717) is 22.7 Å². The fourth-order valence-electron chi connectivity index (χ4n) is 2.37. The number of hydrogen-bond acceptors (Lipinski definition) is 4. The van der Waals surface area contributed by atoms with Crippen molar-refractivity contribution >= 4 is 23.1 Å². The van der Waals surface area contributed by atoms with Gasteiger partial charge in [0.1, 0.15) is 0 Å². The highest BCUT2D eigenvalue weighted by Gasteiger charge is 2.16. The Balaban J connectivity index is 2.19. The Bertz CT molecular complexity index is 770. The van der Waals surface area contributed by atoms with Crippen LogP contribution in [0.2, 0.25) is 0 Å². The molecule has 0 aliphatic rings. The van der Waals surface area contributed by atoms with Crippen molar-refractivity contribution in [1.82, 2.24) is 0 Å². The molecule has 6 heteroatoms. The zero-order valence-corrected chi connectivity index (χ0v) is 15.2. The molecule has 2 rings (SSSR count). The molecule has 0 spiro atoms. The van der Waals surface area contributed by atoms with Crippen LogP contribution in [0.5, 0.6) is 11.5 Å². The van der Waals surface area contributed by atoms with E-state index in [1.807, 2.05) is 43.1 Å². The predicted molar refractivity (Wildman–Crippen MR) is 101 cm³/mol. The first-order valence-electron chi connectivity index (χ1n) is 7.81. The van der Waals surface area contributed by atoms with Gasteiger partial charge in [0.25, 0.3) is 5.91 Å². The monoisotopic (exact) mass is 341 g/mol. The van der Waals surface area contributed by atoms with Crippen molar-refractivity contribution < 1.29 is 14.3 Å². The Morgan fingerprint density at radius 1 is 1.08 bits per heavy atom. The summed E-state index contributed by atoms with van der Waals surface area (Å²) in [6.45, 7) is 1.94. The first kappa shape index (κ1) is 18.3. The number of amidine groups is 1. The van der Waals surface area contributed by atoms with Crippen LogP contribution < -0.4 is 19.7 Å². The molecule has 0 aromatic heterocycles. The molecule has 0 aliphatic heterocycles. The number of nitrogens with zero attached hydrogens (tertiary/aromatic N) is 2. The Hall–Kier alpha value is -3.02. The third kappa shape index (κ3) is 4.09. The minimum atomic E-state index is -0.261. The predicted octanol–water partition coefficient (Wildman–Crippen LogP) is 3.44. The highest BCUT2D eigenvalue weighted by Crippen LogP contribution is 2.31. The minimum absolute atomic E-state index is 0.261. The lowest BCUT2D eigenvalue weighted by molar-refractivity contribution is 0.102. The van der Waals surface area contributed by atoms with Crippen molar-refractivity contribution in [3.8, 4) is 11.5 Å². The summed E-state index contributed by atoms with van der Waals surface area (Å²) in [6, 6.07) is 12.7. The van der Waals surface area contributed by atoms with E-state index in [2.05, 4.69) is 10.3 Å². The molecule has 1 N–H and O–H groups in total. The van der Waals surface area contributed by atoms with E-state index in [-0.39, 0.29) is 5.91 Å². The molecule has 6 nitrogen and oxygen atoms in total. The van der Waals surface area contributed by atoms with E-state index in [1.165, 1.54) is 14.2 Å². The van der Waals surface area contributed by atoms with Gasteiger partial charge in [0, 0.05) is 25.5 Å². The molecular weight excluding hydrogens is 318 g/mol. The van der Waals surface area contributed by atoms with Gasteiger partial charge in [-0.05, 0) is 43.3 Å². The van der Waals surface area contributed by atoms with Gasteiger partial charge in [-0.2, -0.15) is 0 Å². The molecule has 0 fully saturated rings. The molecule has 0 saturated heterocycles. The first-order valence-corrected chi connectivity index (χ1v) is 7.81. The van der Waals surface area contributed by atoms with Crippen LogP contribution in [-0.2, 0) is 0 Å². The van der Waals surface area contributed by atoms with Crippen molar-refractivity contribution in [2.24, 2.45) is 4.99 Å². The molecule has 0 unspecified atom stereocenters. The maximum atomic E-state index is 12.6. The quantitative estimate of drug-likeness (QED) is 0.668. The highest BCUT2D eigenvalue weighted by molar-refractivity contribution is 6.07. The normalized spacial score (nSPS) is 11.0. The van der Waals surface area contributed by atoms with Gasteiger partial charge in [0.05, 0.1) is 25.6 Å². The van der Waals surface area contributed by atoms with Crippen molar-refractivity contribution in [3.05, 3.63) is 48.0 Å². The standard InChI is InChI=1S/C19H23N3O3/c1-13(20-2)22(3)15-11-9-14(10-12-15)21-19(23)16-7-6-8-17(24-4)18(16)25-5/h6-12H,1-5H3,(H,21,23). The molecule has 0 radical (unpaired) electrons. The second-order valence-corrected chi connectivity index (χ2v) is 5.37. The maximum Gasteiger partial charge on any atom is 0.259 e. The number of benzene rings is 2. The van der Waals surface area contributed by atoms with Gasteiger partial charge < -0.3 is 19.7 Å². The van der Waals surface area contributed by atoms with Crippen molar-refractivity contribution in [1.29, 1.82) is 0 Å². The molecule has 0 atom stereocenters. The lowest BCUT2D eigenvalue weighted by Crippen LogP contribution is -2.23. The number of carbonyl (C=O) groups excluding carboxylic acids is 1. The number of anilines is 2. The number of aliphatic imine (C=N–C) groups is 1. The molecule has 1 amide bonds. The van der Waals surface area contributed by atoms with E-state index in [4.69, 9.17) is 9.47 Å². The molecule has 2 aromatic rings. The van der Waals surface area contributed by atoms with Gasteiger partial charge in [-0.25, -0.2) is 0 Å². The van der Waals surface area contributed by atoms with Crippen LogP contribution in [0.4, 0.5) is 11.4 Å². The van der Waals surface area contributed by atoms with Gasteiger partial charge in [-0.3, -0.25) is 9.79 Å². The average Bonchev–Trinajstić information content (AvgIpc) is 2.66. The van der Waals surface area contributed by atoms with E-state index in [1.54, 1.807) is 25.2 Å². The van der Waals surface area contributed by atoms with E-state index >= 15 is 0 Å². The molecule has 0 aliphatic carbocycles. The molecule has 0 bridgehead atoms. The van der Waals surface area contributed by atoms with Gasteiger partial charge in [-0.15, -0.1) is 0 Å². The Labute approximate surface area is 148 Å². The van der Waals surface area contributed by atoms with E-state index < -0.39 is 0 Å². The summed E-state index contributed by atoms with van der Waals surface area (Å²) < 4.78 is 10.5. The van der Waals surface area contributed by atoms with Gasteiger partial charge >= 0.3 is 0 Å². The fraction of sp³-hybridized carbons (Fsp3) is 0.263. The largest absolute Gasteiger partial charge is 0.493 e. The lowest BCUT2D eigenvalue weighted by Gasteiger charge is -2.19. The summed E-state index contributed by atoms with van der Waals surface area (Å²) >= 11 is 0. The average molecular weight is 341 g/mol. The van der Waals surface area contributed by atoms with Gasteiger partial charge in [0.2, 0.25) is 0 Å². The van der Waals surface area contributed by atoms with Crippen LogP contribution in [0.15, 0.2) is 47.5 Å². The molecular formula is C19H23N3O3. The second kappa shape index (κ2) is 8.19. The summed E-state index contributed by atoms with van der Waals surface area (Å²) in [6.07, 6.45) is 0. The Morgan fingerprint density at radius 2 is 1.76 bits per heavy atom. The van der Waals surface area contributed by atoms with Crippen LogP contribution >= 0.6 is 0 Å². The number of ether oxygens (including phenoxy) is 2. The van der Waals surface area contributed by atoms with Crippen molar-refractivity contribution in [2.45, 2.75) is 6.92 Å². The zero-order chi connectivity index (χ0) is 18.4. The number of rotatable bonds is 5. The van der Waals surface area contributed by atoms with Crippen LogP contribution in [0.25, 0.3) is 0 Å². The first-order chi connectivity index (χ1) is 12.0. The number of carbonyl (C=O) groups is 1. The highest BCUT2D eigenvalue weighted by atomic mass is 16.5. The second-order valence-electron chi connectivity index (χ2n) is 5.37. The summed E-state index contributed by atoms with van der Waals surface area (Å²) in [5.41, 5.74) is 2.09. The van der Waals surface area contributed by atoms with Crippen LogP contribution in [0.3, 0.4) is 0 Å². The number of para-hydroxylation sites is 1. The Kier molecular flexibility index (Phi) is 6.00. The number of methoxy groups -OCH3 is 2. The van der Waals surface area contributed by atoms with E-state index in [9.17, 15) is 4.79 Å².